The number of rotatable bonds is 4. The SMILES string of the molecule is COCc1nc(C(=O)N2CCNC(=O)[C@@H]2C(C)C)cs1. The maximum atomic E-state index is 12.5. The van der Waals surface area contributed by atoms with Crippen LogP contribution in [0.15, 0.2) is 5.38 Å². The van der Waals surface area contributed by atoms with Crippen molar-refractivity contribution in [1.82, 2.24) is 15.2 Å². The van der Waals surface area contributed by atoms with E-state index in [9.17, 15) is 9.59 Å². The lowest BCUT2D eigenvalue weighted by Gasteiger charge is -2.36. The van der Waals surface area contributed by atoms with Gasteiger partial charge >= 0.3 is 0 Å². The molecule has 1 aromatic heterocycles. The number of methoxy groups -OCH3 is 1. The highest BCUT2D eigenvalue weighted by Gasteiger charge is 2.36. The molecule has 1 aliphatic heterocycles. The predicted octanol–water partition coefficient (Wildman–Crippen LogP) is 0.886. The van der Waals surface area contributed by atoms with Crippen molar-refractivity contribution < 1.29 is 14.3 Å². The molecule has 1 atom stereocenters. The van der Waals surface area contributed by atoms with Crippen LogP contribution in [0.3, 0.4) is 0 Å². The first-order valence-electron chi connectivity index (χ1n) is 6.56. The summed E-state index contributed by atoms with van der Waals surface area (Å²) in [6, 6.07) is -0.427. The van der Waals surface area contributed by atoms with E-state index in [2.05, 4.69) is 10.3 Å². The zero-order valence-electron chi connectivity index (χ0n) is 11.9. The van der Waals surface area contributed by atoms with Gasteiger partial charge in [-0.2, -0.15) is 0 Å². The van der Waals surface area contributed by atoms with Gasteiger partial charge in [0.1, 0.15) is 16.7 Å². The maximum Gasteiger partial charge on any atom is 0.274 e. The smallest absolute Gasteiger partial charge is 0.274 e. The van der Waals surface area contributed by atoms with Crippen molar-refractivity contribution in [3.63, 3.8) is 0 Å². The Labute approximate surface area is 122 Å². The molecule has 7 heteroatoms. The topological polar surface area (TPSA) is 71.5 Å². The highest BCUT2D eigenvalue weighted by atomic mass is 32.1. The van der Waals surface area contributed by atoms with Crippen LogP contribution in [-0.2, 0) is 16.1 Å². The van der Waals surface area contributed by atoms with Gasteiger partial charge in [0.2, 0.25) is 5.91 Å². The Balaban J connectivity index is 2.18. The van der Waals surface area contributed by atoms with E-state index in [1.54, 1.807) is 17.4 Å². The van der Waals surface area contributed by atoms with Crippen LogP contribution in [0, 0.1) is 5.92 Å². The van der Waals surface area contributed by atoms with Crippen LogP contribution in [0.1, 0.15) is 29.3 Å². The fraction of sp³-hybridized carbons (Fsp3) is 0.615. The van der Waals surface area contributed by atoms with Gasteiger partial charge in [-0.05, 0) is 5.92 Å². The minimum Gasteiger partial charge on any atom is -0.378 e. The van der Waals surface area contributed by atoms with Crippen LogP contribution in [0.4, 0.5) is 0 Å². The Bertz CT molecular complexity index is 501. The number of carbonyl (C=O) groups is 2. The number of amides is 2. The Morgan fingerprint density at radius 1 is 1.65 bits per heavy atom. The van der Waals surface area contributed by atoms with Gasteiger partial charge in [-0.25, -0.2) is 4.98 Å². The highest BCUT2D eigenvalue weighted by Crippen LogP contribution is 2.19. The molecule has 0 spiro atoms. The molecule has 1 saturated heterocycles. The lowest BCUT2D eigenvalue weighted by molar-refractivity contribution is -0.129. The number of carbonyl (C=O) groups excluding carboxylic acids is 2. The first-order chi connectivity index (χ1) is 9.54. The van der Waals surface area contributed by atoms with E-state index in [0.29, 0.717) is 25.4 Å². The number of piperazine rings is 1. The monoisotopic (exact) mass is 297 g/mol. The summed E-state index contributed by atoms with van der Waals surface area (Å²) in [5.41, 5.74) is 0.391. The molecule has 2 amide bonds. The quantitative estimate of drug-likeness (QED) is 0.896. The first-order valence-corrected chi connectivity index (χ1v) is 7.44. The summed E-state index contributed by atoms with van der Waals surface area (Å²) < 4.78 is 5.00. The van der Waals surface area contributed by atoms with Crippen molar-refractivity contribution in [3.05, 3.63) is 16.1 Å². The molecule has 0 aliphatic carbocycles. The van der Waals surface area contributed by atoms with Crippen LogP contribution in [0.2, 0.25) is 0 Å². The molecule has 0 bridgehead atoms. The van der Waals surface area contributed by atoms with Gasteiger partial charge in [-0.1, -0.05) is 13.8 Å². The third kappa shape index (κ3) is 2.99. The zero-order chi connectivity index (χ0) is 14.7. The van der Waals surface area contributed by atoms with Gasteiger partial charge < -0.3 is 15.0 Å². The molecule has 2 heterocycles. The third-order valence-electron chi connectivity index (χ3n) is 3.19. The molecule has 1 aromatic rings. The highest BCUT2D eigenvalue weighted by molar-refractivity contribution is 7.09. The summed E-state index contributed by atoms with van der Waals surface area (Å²) in [4.78, 5) is 30.4. The van der Waals surface area contributed by atoms with Crippen LogP contribution >= 0.6 is 11.3 Å². The van der Waals surface area contributed by atoms with E-state index in [-0.39, 0.29) is 17.7 Å². The Morgan fingerprint density at radius 3 is 3.05 bits per heavy atom. The van der Waals surface area contributed by atoms with Crippen molar-refractivity contribution in [2.45, 2.75) is 26.5 Å². The third-order valence-corrected chi connectivity index (χ3v) is 4.01. The zero-order valence-corrected chi connectivity index (χ0v) is 12.7. The standard InChI is InChI=1S/C13H19N3O3S/c1-8(2)11-12(17)14-4-5-16(11)13(18)9-7-20-10(15-9)6-19-3/h7-8,11H,4-6H2,1-3H3,(H,14,17)/t11-/m0/s1. The van der Waals surface area contributed by atoms with Gasteiger partial charge in [0, 0.05) is 25.6 Å². The molecule has 0 unspecified atom stereocenters. The van der Waals surface area contributed by atoms with Gasteiger partial charge in [-0.15, -0.1) is 11.3 Å². The number of nitrogens with zero attached hydrogens (tertiary/aromatic N) is 2. The van der Waals surface area contributed by atoms with Crippen LogP contribution < -0.4 is 5.32 Å². The van der Waals surface area contributed by atoms with E-state index < -0.39 is 6.04 Å². The summed E-state index contributed by atoms with van der Waals surface area (Å²) >= 11 is 1.39. The Hall–Kier alpha value is -1.47. The number of aromatic nitrogens is 1. The summed E-state index contributed by atoms with van der Waals surface area (Å²) in [5, 5.41) is 5.29. The van der Waals surface area contributed by atoms with Crippen LogP contribution in [0.25, 0.3) is 0 Å². The van der Waals surface area contributed by atoms with Gasteiger partial charge in [-0.3, -0.25) is 9.59 Å². The average molecular weight is 297 g/mol. The second kappa shape index (κ2) is 6.32. The summed E-state index contributed by atoms with van der Waals surface area (Å²) in [6.07, 6.45) is 0. The number of thiazole rings is 1. The lowest BCUT2D eigenvalue weighted by atomic mass is 9.99. The predicted molar refractivity (Wildman–Crippen MR) is 75.5 cm³/mol. The van der Waals surface area contributed by atoms with E-state index in [4.69, 9.17) is 4.74 Å². The molecule has 2 rings (SSSR count). The first kappa shape index (κ1) is 14.9. The molecular weight excluding hydrogens is 278 g/mol. The summed E-state index contributed by atoms with van der Waals surface area (Å²) in [7, 11) is 1.59. The molecule has 1 N–H and O–H groups in total. The molecule has 0 saturated carbocycles. The van der Waals surface area contributed by atoms with E-state index in [1.165, 1.54) is 11.3 Å². The second-order valence-corrected chi connectivity index (χ2v) is 5.98. The minimum atomic E-state index is -0.427. The summed E-state index contributed by atoms with van der Waals surface area (Å²) in [6.45, 7) is 5.28. The van der Waals surface area contributed by atoms with E-state index >= 15 is 0 Å². The van der Waals surface area contributed by atoms with Gasteiger partial charge in [0.15, 0.2) is 0 Å². The molecule has 110 valence electrons. The molecule has 0 aromatic carbocycles. The van der Waals surface area contributed by atoms with E-state index in [0.717, 1.165) is 5.01 Å². The van der Waals surface area contributed by atoms with Crippen molar-refractivity contribution in [2.24, 2.45) is 5.92 Å². The largest absolute Gasteiger partial charge is 0.378 e. The Kier molecular flexibility index (Phi) is 4.72. The maximum absolute atomic E-state index is 12.5. The molecular formula is C13H19N3O3S. The normalized spacial score (nSPS) is 19.3. The van der Waals surface area contributed by atoms with Crippen molar-refractivity contribution in [1.29, 1.82) is 0 Å². The van der Waals surface area contributed by atoms with Crippen molar-refractivity contribution in [2.75, 3.05) is 20.2 Å². The van der Waals surface area contributed by atoms with Gasteiger partial charge in [0.05, 0.1) is 6.61 Å². The number of ether oxygens (including phenoxy) is 1. The number of hydrogen-bond donors (Lipinski definition) is 1. The van der Waals surface area contributed by atoms with Crippen molar-refractivity contribution >= 4 is 23.2 Å². The Morgan fingerprint density at radius 2 is 2.40 bits per heavy atom. The van der Waals surface area contributed by atoms with E-state index in [1.807, 2.05) is 13.8 Å². The molecule has 0 radical (unpaired) electrons. The van der Waals surface area contributed by atoms with Gasteiger partial charge in [0.25, 0.3) is 5.91 Å². The lowest BCUT2D eigenvalue weighted by Crippen LogP contribution is -2.59. The molecule has 1 fully saturated rings. The summed E-state index contributed by atoms with van der Waals surface area (Å²) in [5.74, 6) is -0.208. The molecule has 6 nitrogen and oxygen atoms in total. The van der Waals surface area contributed by atoms with Crippen LogP contribution in [0.5, 0.6) is 0 Å². The fourth-order valence-corrected chi connectivity index (χ4v) is 3.06. The minimum absolute atomic E-state index is 0.0660. The number of nitrogens with one attached hydrogen (secondary N) is 1. The fourth-order valence-electron chi connectivity index (χ4n) is 2.32. The molecule has 1 aliphatic rings. The second-order valence-electron chi connectivity index (χ2n) is 5.04. The number of hydrogen-bond acceptors (Lipinski definition) is 5. The van der Waals surface area contributed by atoms with Crippen molar-refractivity contribution in [3.8, 4) is 0 Å². The average Bonchev–Trinajstić information content (AvgIpc) is 2.86. The van der Waals surface area contributed by atoms with Crippen LogP contribution in [-0.4, -0.2) is 47.9 Å². The molecule has 20 heavy (non-hydrogen) atoms.